The largest absolute Gasteiger partial charge is 0.363 e. The topological polar surface area (TPSA) is 29.0 Å². The molecular weight excluding hydrogens is 182 g/mol. The molecular formula is C9H15N3S. The fourth-order valence-corrected chi connectivity index (χ4v) is 1.29. The second kappa shape index (κ2) is 4.87. The lowest BCUT2D eigenvalue weighted by molar-refractivity contribution is 0.846. The standard InChI is InChI=1S/C9H15N3S/c1-3-10-9(13)11-6-8-4-5-12(2)7-8/h4-5,7H,3,6H2,1-2H3,(H2,10,11,13). The van der Waals surface area contributed by atoms with Crippen LogP contribution < -0.4 is 10.6 Å². The molecule has 1 heterocycles. The normalized spacial score (nSPS) is 9.69. The van der Waals surface area contributed by atoms with Crippen molar-refractivity contribution in [3.8, 4) is 0 Å². The van der Waals surface area contributed by atoms with E-state index >= 15 is 0 Å². The van der Waals surface area contributed by atoms with E-state index in [1.165, 1.54) is 5.56 Å². The summed E-state index contributed by atoms with van der Waals surface area (Å²) >= 11 is 5.03. The number of nitrogens with zero attached hydrogens (tertiary/aromatic N) is 1. The number of aromatic nitrogens is 1. The van der Waals surface area contributed by atoms with Crippen LogP contribution in [0.1, 0.15) is 12.5 Å². The van der Waals surface area contributed by atoms with Crippen molar-refractivity contribution in [2.24, 2.45) is 7.05 Å². The van der Waals surface area contributed by atoms with Crippen LogP contribution in [0, 0.1) is 0 Å². The van der Waals surface area contributed by atoms with Gasteiger partial charge in [0.05, 0.1) is 0 Å². The highest BCUT2D eigenvalue weighted by Gasteiger charge is 1.95. The Morgan fingerprint density at radius 3 is 2.85 bits per heavy atom. The summed E-state index contributed by atoms with van der Waals surface area (Å²) in [5.74, 6) is 0. The fourth-order valence-electron chi connectivity index (χ4n) is 1.07. The maximum absolute atomic E-state index is 5.03. The molecule has 0 saturated carbocycles. The van der Waals surface area contributed by atoms with Gasteiger partial charge in [0.25, 0.3) is 0 Å². The van der Waals surface area contributed by atoms with Gasteiger partial charge in [-0.15, -0.1) is 0 Å². The van der Waals surface area contributed by atoms with Crippen molar-refractivity contribution in [1.82, 2.24) is 15.2 Å². The lowest BCUT2D eigenvalue weighted by Gasteiger charge is -2.06. The van der Waals surface area contributed by atoms with Gasteiger partial charge in [0.15, 0.2) is 5.11 Å². The molecule has 0 fully saturated rings. The monoisotopic (exact) mass is 197 g/mol. The van der Waals surface area contributed by atoms with Gasteiger partial charge in [-0.25, -0.2) is 0 Å². The van der Waals surface area contributed by atoms with E-state index in [1.807, 2.05) is 24.7 Å². The molecule has 0 aliphatic rings. The molecule has 1 aromatic rings. The van der Waals surface area contributed by atoms with Gasteiger partial charge < -0.3 is 15.2 Å². The van der Waals surface area contributed by atoms with Crippen LogP contribution in [-0.2, 0) is 13.6 Å². The molecule has 0 radical (unpaired) electrons. The number of rotatable bonds is 3. The zero-order chi connectivity index (χ0) is 9.68. The molecule has 1 aromatic heterocycles. The summed E-state index contributed by atoms with van der Waals surface area (Å²) < 4.78 is 2.02. The molecule has 0 aliphatic carbocycles. The van der Waals surface area contributed by atoms with E-state index in [0.29, 0.717) is 5.11 Å². The fraction of sp³-hybridized carbons (Fsp3) is 0.444. The van der Waals surface area contributed by atoms with E-state index in [0.717, 1.165) is 13.1 Å². The molecule has 72 valence electrons. The predicted octanol–water partition coefficient (Wildman–Crippen LogP) is 1.01. The average Bonchev–Trinajstić information content (AvgIpc) is 2.49. The Morgan fingerprint density at radius 1 is 1.54 bits per heavy atom. The van der Waals surface area contributed by atoms with Crippen molar-refractivity contribution >= 4 is 17.3 Å². The first kappa shape index (κ1) is 10.1. The van der Waals surface area contributed by atoms with E-state index in [2.05, 4.69) is 22.9 Å². The Bertz CT molecular complexity index is 280. The molecule has 0 amide bonds. The second-order valence-corrected chi connectivity index (χ2v) is 3.31. The zero-order valence-electron chi connectivity index (χ0n) is 8.00. The summed E-state index contributed by atoms with van der Waals surface area (Å²) in [5, 5.41) is 6.87. The number of hydrogen-bond acceptors (Lipinski definition) is 1. The Hall–Kier alpha value is -1.03. The van der Waals surface area contributed by atoms with E-state index in [1.54, 1.807) is 0 Å². The molecule has 1 rings (SSSR count). The SMILES string of the molecule is CCNC(=S)NCc1ccn(C)c1. The highest BCUT2D eigenvalue weighted by Crippen LogP contribution is 1.97. The highest BCUT2D eigenvalue weighted by molar-refractivity contribution is 7.80. The van der Waals surface area contributed by atoms with Crippen LogP contribution in [0.2, 0.25) is 0 Å². The van der Waals surface area contributed by atoms with Crippen LogP contribution in [-0.4, -0.2) is 16.2 Å². The molecule has 0 aromatic carbocycles. The third-order valence-electron chi connectivity index (χ3n) is 1.68. The van der Waals surface area contributed by atoms with Gasteiger partial charge in [0.2, 0.25) is 0 Å². The first-order valence-electron chi connectivity index (χ1n) is 4.35. The number of hydrogen-bond donors (Lipinski definition) is 2. The summed E-state index contributed by atoms with van der Waals surface area (Å²) in [6.07, 6.45) is 4.09. The van der Waals surface area contributed by atoms with E-state index < -0.39 is 0 Å². The number of aryl methyl sites for hydroxylation is 1. The van der Waals surface area contributed by atoms with Crippen LogP contribution >= 0.6 is 12.2 Å². The van der Waals surface area contributed by atoms with Crippen molar-refractivity contribution in [3.05, 3.63) is 24.0 Å². The van der Waals surface area contributed by atoms with Crippen LogP contribution in [0.15, 0.2) is 18.5 Å². The lowest BCUT2D eigenvalue weighted by Crippen LogP contribution is -2.34. The van der Waals surface area contributed by atoms with Crippen molar-refractivity contribution < 1.29 is 0 Å². The first-order valence-corrected chi connectivity index (χ1v) is 4.75. The van der Waals surface area contributed by atoms with E-state index in [4.69, 9.17) is 12.2 Å². The number of nitrogens with one attached hydrogen (secondary N) is 2. The van der Waals surface area contributed by atoms with Gasteiger partial charge in [-0.3, -0.25) is 0 Å². The van der Waals surface area contributed by atoms with E-state index in [9.17, 15) is 0 Å². The quantitative estimate of drug-likeness (QED) is 0.709. The van der Waals surface area contributed by atoms with Gasteiger partial charge in [-0.1, -0.05) is 0 Å². The minimum absolute atomic E-state index is 0.714. The third-order valence-corrected chi connectivity index (χ3v) is 1.97. The molecule has 2 N–H and O–H groups in total. The van der Waals surface area contributed by atoms with Gasteiger partial charge >= 0.3 is 0 Å². The molecule has 0 bridgehead atoms. The molecule has 0 spiro atoms. The summed E-state index contributed by atoms with van der Waals surface area (Å²) in [5.41, 5.74) is 1.24. The molecule has 0 atom stereocenters. The predicted molar refractivity (Wildman–Crippen MR) is 58.5 cm³/mol. The maximum Gasteiger partial charge on any atom is 0.166 e. The van der Waals surface area contributed by atoms with Crippen LogP contribution in [0.3, 0.4) is 0 Å². The molecule has 13 heavy (non-hydrogen) atoms. The second-order valence-electron chi connectivity index (χ2n) is 2.90. The van der Waals surface area contributed by atoms with Crippen molar-refractivity contribution in [2.75, 3.05) is 6.54 Å². The van der Waals surface area contributed by atoms with Crippen molar-refractivity contribution in [1.29, 1.82) is 0 Å². The van der Waals surface area contributed by atoms with Gasteiger partial charge in [-0.05, 0) is 30.8 Å². The van der Waals surface area contributed by atoms with E-state index in [-0.39, 0.29) is 0 Å². The molecule has 3 nitrogen and oxygen atoms in total. The van der Waals surface area contributed by atoms with Gasteiger partial charge in [0.1, 0.15) is 0 Å². The Labute approximate surface area is 84.1 Å². The molecule has 0 aliphatic heterocycles. The summed E-state index contributed by atoms with van der Waals surface area (Å²) in [6, 6.07) is 2.07. The van der Waals surface area contributed by atoms with Crippen LogP contribution in [0.25, 0.3) is 0 Å². The van der Waals surface area contributed by atoms with Gasteiger partial charge in [0, 0.05) is 32.5 Å². The summed E-state index contributed by atoms with van der Waals surface area (Å²) in [6.45, 7) is 3.67. The molecule has 0 saturated heterocycles. The smallest absolute Gasteiger partial charge is 0.166 e. The zero-order valence-corrected chi connectivity index (χ0v) is 8.82. The minimum Gasteiger partial charge on any atom is -0.363 e. The third kappa shape index (κ3) is 3.46. The number of thiocarbonyl (C=S) groups is 1. The highest BCUT2D eigenvalue weighted by atomic mass is 32.1. The minimum atomic E-state index is 0.714. The summed E-state index contributed by atoms with van der Waals surface area (Å²) in [4.78, 5) is 0. The summed E-state index contributed by atoms with van der Waals surface area (Å²) in [7, 11) is 2.01. The molecule has 0 unspecified atom stereocenters. The Kier molecular flexibility index (Phi) is 3.76. The Morgan fingerprint density at radius 2 is 2.31 bits per heavy atom. The van der Waals surface area contributed by atoms with Crippen LogP contribution in [0.5, 0.6) is 0 Å². The van der Waals surface area contributed by atoms with Gasteiger partial charge in [-0.2, -0.15) is 0 Å². The van der Waals surface area contributed by atoms with Crippen molar-refractivity contribution in [3.63, 3.8) is 0 Å². The average molecular weight is 197 g/mol. The molecule has 4 heteroatoms. The Balaban J connectivity index is 2.30. The lowest BCUT2D eigenvalue weighted by atomic mass is 10.3. The first-order chi connectivity index (χ1) is 6.22. The maximum atomic E-state index is 5.03. The van der Waals surface area contributed by atoms with Crippen molar-refractivity contribution in [2.45, 2.75) is 13.5 Å². The van der Waals surface area contributed by atoms with Crippen LogP contribution in [0.4, 0.5) is 0 Å².